The predicted molar refractivity (Wildman–Crippen MR) is 94.7 cm³/mol. The molecule has 0 aliphatic heterocycles. The molecule has 0 fully saturated rings. The molecule has 0 heterocycles. The fourth-order valence-corrected chi connectivity index (χ4v) is 4.09. The van der Waals surface area contributed by atoms with Crippen molar-refractivity contribution in [2.45, 2.75) is 79.1 Å². The molecule has 0 amide bonds. The van der Waals surface area contributed by atoms with Crippen molar-refractivity contribution in [1.82, 2.24) is 0 Å². The topological polar surface area (TPSA) is 0 Å². The van der Waals surface area contributed by atoms with E-state index in [1.807, 2.05) is 0 Å². The molecule has 0 nitrogen and oxygen atoms in total. The minimum atomic E-state index is 1.33. The normalized spacial score (nSPS) is 11.6. The van der Waals surface area contributed by atoms with Gasteiger partial charge >= 0.3 is 0 Å². The number of benzene rings is 1. The summed E-state index contributed by atoms with van der Waals surface area (Å²) in [4.78, 5) is 0. The van der Waals surface area contributed by atoms with Gasteiger partial charge in [0.1, 0.15) is 0 Å². The Hall–Kier alpha value is -0.350. The van der Waals surface area contributed by atoms with E-state index < -0.39 is 0 Å². The molecule has 0 spiro atoms. The van der Waals surface area contributed by atoms with Crippen molar-refractivity contribution >= 4 is 13.9 Å². The second kappa shape index (κ2) is 10.4. The van der Waals surface area contributed by atoms with Gasteiger partial charge in [-0.05, 0) is 58.4 Å². The van der Waals surface area contributed by atoms with Crippen molar-refractivity contribution in [2.75, 3.05) is 6.16 Å². The van der Waals surface area contributed by atoms with Crippen molar-refractivity contribution in [3.63, 3.8) is 0 Å². The fourth-order valence-electron chi connectivity index (χ4n) is 2.86. The number of rotatable bonds is 10. The molecule has 0 N–H and O–H groups in total. The van der Waals surface area contributed by atoms with E-state index >= 15 is 0 Å². The maximum Gasteiger partial charge on any atom is -0.0135 e. The van der Waals surface area contributed by atoms with Crippen LogP contribution in [0.1, 0.15) is 75.0 Å². The minimum absolute atomic E-state index is 1.33. The molecule has 0 aliphatic carbocycles. The molecule has 0 atom stereocenters. The van der Waals surface area contributed by atoms with Crippen molar-refractivity contribution in [3.05, 3.63) is 28.8 Å². The summed E-state index contributed by atoms with van der Waals surface area (Å²) >= 11 is 0. The van der Waals surface area contributed by atoms with Crippen LogP contribution < -0.4 is 5.30 Å². The molecule has 1 heteroatoms. The van der Waals surface area contributed by atoms with Crippen molar-refractivity contribution in [2.24, 2.45) is 0 Å². The quantitative estimate of drug-likeness (QED) is 0.349. The van der Waals surface area contributed by atoms with E-state index in [-0.39, 0.29) is 0 Å². The average Bonchev–Trinajstić information content (AvgIpc) is 2.39. The Bertz CT molecular complexity index is 358. The Kier molecular flexibility index (Phi) is 9.19. The zero-order valence-corrected chi connectivity index (χ0v) is 14.9. The maximum atomic E-state index is 2.32. The zero-order valence-electron chi connectivity index (χ0n) is 14.0. The monoisotopic (exact) mass is 291 g/mol. The molecule has 1 rings (SSSR count). The smallest absolute Gasteiger partial charge is 0.0135 e. The third kappa shape index (κ3) is 6.89. The highest BCUT2D eigenvalue weighted by Crippen LogP contribution is 2.20. The van der Waals surface area contributed by atoms with Gasteiger partial charge in [0.15, 0.2) is 0 Å². The van der Waals surface area contributed by atoms with E-state index in [1.165, 1.54) is 82.8 Å². The molecule has 1 aromatic carbocycles. The van der Waals surface area contributed by atoms with Crippen molar-refractivity contribution in [1.29, 1.82) is 0 Å². The van der Waals surface area contributed by atoms with Crippen LogP contribution in [0.4, 0.5) is 0 Å². The number of aryl methyl sites for hydroxylation is 3. The van der Waals surface area contributed by atoms with Crippen molar-refractivity contribution < 1.29 is 0 Å². The lowest BCUT2D eigenvalue weighted by molar-refractivity contribution is 0.586. The Morgan fingerprint density at radius 1 is 0.750 bits per heavy atom. The average molecular weight is 291 g/mol. The van der Waals surface area contributed by atoms with Gasteiger partial charge in [-0.15, -0.1) is 0 Å². The largest absolute Gasteiger partial charge is 0.0654 e. The molecular formula is C19H32P. The zero-order chi connectivity index (χ0) is 14.8. The molecule has 0 unspecified atom stereocenters. The molecule has 0 saturated carbocycles. The summed E-state index contributed by atoms with van der Waals surface area (Å²) in [7, 11) is 1.53. The SMILES string of the molecule is CCCCCCCCCC[P]c1c(C)cc(C)cc1C. The van der Waals surface area contributed by atoms with Crippen LogP contribution in [-0.4, -0.2) is 6.16 Å². The van der Waals surface area contributed by atoms with E-state index in [1.54, 1.807) is 5.30 Å². The Balaban J connectivity index is 2.13. The molecule has 0 saturated heterocycles. The van der Waals surface area contributed by atoms with E-state index in [9.17, 15) is 0 Å². The lowest BCUT2D eigenvalue weighted by Crippen LogP contribution is -2.06. The first-order chi connectivity index (χ1) is 9.65. The predicted octanol–water partition coefficient (Wildman–Crippen LogP) is 6.32. The third-order valence-corrected chi connectivity index (χ3v) is 5.48. The van der Waals surface area contributed by atoms with Crippen LogP contribution in [0.25, 0.3) is 0 Å². The van der Waals surface area contributed by atoms with Gasteiger partial charge in [-0.25, -0.2) is 0 Å². The Morgan fingerprint density at radius 3 is 1.80 bits per heavy atom. The second-order valence-corrected chi connectivity index (χ2v) is 7.31. The fraction of sp³-hybridized carbons (Fsp3) is 0.684. The van der Waals surface area contributed by atoms with Crippen LogP contribution in [0.2, 0.25) is 0 Å². The highest BCUT2D eigenvalue weighted by molar-refractivity contribution is 7.47. The number of unbranched alkanes of at least 4 members (excludes halogenated alkanes) is 7. The van der Waals surface area contributed by atoms with Gasteiger partial charge in [-0.3, -0.25) is 0 Å². The summed E-state index contributed by atoms with van der Waals surface area (Å²) in [6, 6.07) is 4.64. The van der Waals surface area contributed by atoms with Gasteiger partial charge in [0, 0.05) is 0 Å². The summed E-state index contributed by atoms with van der Waals surface area (Å²) < 4.78 is 0. The molecule has 1 radical (unpaired) electrons. The maximum absolute atomic E-state index is 2.32. The van der Waals surface area contributed by atoms with E-state index in [0.29, 0.717) is 0 Å². The minimum Gasteiger partial charge on any atom is -0.0654 e. The summed E-state index contributed by atoms with van der Waals surface area (Å²) in [5.74, 6) is 0. The van der Waals surface area contributed by atoms with Gasteiger partial charge in [-0.2, -0.15) is 0 Å². The first-order valence-corrected chi connectivity index (χ1v) is 9.48. The lowest BCUT2D eigenvalue weighted by Gasteiger charge is -2.10. The summed E-state index contributed by atoms with van der Waals surface area (Å²) in [5, 5.41) is 1.57. The van der Waals surface area contributed by atoms with Crippen molar-refractivity contribution in [3.8, 4) is 0 Å². The van der Waals surface area contributed by atoms with Gasteiger partial charge in [0.2, 0.25) is 0 Å². The number of hydrogen-bond acceptors (Lipinski definition) is 0. The van der Waals surface area contributed by atoms with Crippen LogP contribution in [0, 0.1) is 20.8 Å². The molecule has 0 aliphatic rings. The third-order valence-electron chi connectivity index (χ3n) is 3.92. The van der Waals surface area contributed by atoms with Gasteiger partial charge in [0.05, 0.1) is 0 Å². The van der Waals surface area contributed by atoms with Gasteiger partial charge in [0.25, 0.3) is 0 Å². The van der Waals surface area contributed by atoms with Crippen LogP contribution in [0.3, 0.4) is 0 Å². The van der Waals surface area contributed by atoms with E-state index in [4.69, 9.17) is 0 Å². The standard InChI is InChI=1S/C19H32P/c1-5-6-7-8-9-10-11-12-13-20-19-17(3)14-16(2)15-18(19)4/h14-15H,5-13H2,1-4H3. The molecular weight excluding hydrogens is 259 g/mol. The summed E-state index contributed by atoms with van der Waals surface area (Å²) in [5.41, 5.74) is 4.35. The molecule has 0 aromatic heterocycles. The summed E-state index contributed by atoms with van der Waals surface area (Å²) in [6.45, 7) is 9.00. The molecule has 113 valence electrons. The van der Waals surface area contributed by atoms with E-state index in [0.717, 1.165) is 0 Å². The number of hydrogen-bond donors (Lipinski definition) is 0. The summed E-state index contributed by atoms with van der Waals surface area (Å²) in [6.07, 6.45) is 12.7. The van der Waals surface area contributed by atoms with Crippen LogP contribution in [0.15, 0.2) is 12.1 Å². The first kappa shape index (κ1) is 17.7. The Labute approximate surface area is 128 Å². The van der Waals surface area contributed by atoms with E-state index in [2.05, 4.69) is 39.8 Å². The highest BCUT2D eigenvalue weighted by atomic mass is 31.1. The van der Waals surface area contributed by atoms with Gasteiger partial charge < -0.3 is 0 Å². The van der Waals surface area contributed by atoms with Gasteiger partial charge in [-0.1, -0.05) is 69.6 Å². The molecule has 0 bridgehead atoms. The van der Waals surface area contributed by atoms with Crippen LogP contribution in [-0.2, 0) is 0 Å². The highest BCUT2D eigenvalue weighted by Gasteiger charge is 2.04. The molecule has 1 aromatic rings. The second-order valence-electron chi connectivity index (χ2n) is 6.10. The lowest BCUT2D eigenvalue weighted by atomic mass is 10.1. The van der Waals surface area contributed by atoms with Crippen LogP contribution >= 0.6 is 8.58 Å². The van der Waals surface area contributed by atoms with Crippen LogP contribution in [0.5, 0.6) is 0 Å². The molecule has 20 heavy (non-hydrogen) atoms. The Morgan fingerprint density at radius 2 is 1.25 bits per heavy atom. The first-order valence-electron chi connectivity index (χ1n) is 8.40.